The summed E-state index contributed by atoms with van der Waals surface area (Å²) in [6.07, 6.45) is 1.58. The number of nitrogens with zero attached hydrogens (tertiary/aromatic N) is 3. The molecule has 0 bridgehead atoms. The molecule has 5 heteroatoms. The molecule has 0 aliphatic carbocycles. The Bertz CT molecular complexity index is 416. The van der Waals surface area contributed by atoms with Crippen LogP contribution in [0.2, 0.25) is 0 Å². The van der Waals surface area contributed by atoms with Crippen molar-refractivity contribution in [1.82, 2.24) is 4.98 Å². The molecule has 0 radical (unpaired) electrons. The molecule has 0 saturated carbocycles. The number of pyridine rings is 1. The van der Waals surface area contributed by atoms with Crippen molar-refractivity contribution in [3.8, 4) is 0 Å². The molecule has 0 spiro atoms. The first kappa shape index (κ1) is 8.80. The quantitative estimate of drug-likeness (QED) is 0.675. The van der Waals surface area contributed by atoms with E-state index >= 15 is 0 Å². The van der Waals surface area contributed by atoms with E-state index in [1.165, 1.54) is 18.3 Å². The summed E-state index contributed by atoms with van der Waals surface area (Å²) in [5.74, 6) is -0.380. The monoisotopic (exact) mass is 193 g/mol. The van der Waals surface area contributed by atoms with Crippen LogP contribution in [0.25, 0.3) is 0 Å². The minimum absolute atomic E-state index is 0.180. The fourth-order valence-corrected chi connectivity index (χ4v) is 1.24. The molecule has 0 aromatic carbocycles. The summed E-state index contributed by atoms with van der Waals surface area (Å²) >= 11 is 0. The SMILES string of the molecule is CC1=NN(c2cc(F)ccn2)C(=O)C1. The standard InChI is InChI=1S/C9H8FN3O/c1-6-4-9(14)13(12-6)8-5-7(10)2-3-11-8/h2-3,5H,4H2,1H3. The van der Waals surface area contributed by atoms with Crippen molar-refractivity contribution >= 4 is 17.4 Å². The number of hydrazone groups is 1. The third-order valence-electron chi connectivity index (χ3n) is 1.84. The van der Waals surface area contributed by atoms with Crippen molar-refractivity contribution in [2.24, 2.45) is 5.10 Å². The zero-order valence-corrected chi connectivity index (χ0v) is 7.57. The number of hydrogen-bond acceptors (Lipinski definition) is 3. The summed E-state index contributed by atoms with van der Waals surface area (Å²) in [4.78, 5) is 15.2. The molecule has 1 amide bonds. The summed E-state index contributed by atoms with van der Waals surface area (Å²) in [5, 5.41) is 5.08. The fourth-order valence-electron chi connectivity index (χ4n) is 1.24. The van der Waals surface area contributed by atoms with Crippen LogP contribution in [0.1, 0.15) is 13.3 Å². The zero-order chi connectivity index (χ0) is 10.1. The van der Waals surface area contributed by atoms with Crippen LogP contribution in [-0.2, 0) is 4.79 Å². The molecule has 1 aromatic rings. The Hall–Kier alpha value is -1.78. The highest BCUT2D eigenvalue weighted by Gasteiger charge is 2.23. The topological polar surface area (TPSA) is 45.6 Å². The van der Waals surface area contributed by atoms with E-state index < -0.39 is 5.82 Å². The van der Waals surface area contributed by atoms with Gasteiger partial charge >= 0.3 is 0 Å². The third-order valence-corrected chi connectivity index (χ3v) is 1.84. The maximum Gasteiger partial charge on any atom is 0.254 e. The van der Waals surface area contributed by atoms with Crippen molar-refractivity contribution < 1.29 is 9.18 Å². The van der Waals surface area contributed by atoms with Crippen molar-refractivity contribution in [2.45, 2.75) is 13.3 Å². The predicted octanol–water partition coefficient (Wildman–Crippen LogP) is 1.33. The van der Waals surface area contributed by atoms with E-state index in [9.17, 15) is 9.18 Å². The van der Waals surface area contributed by atoms with Crippen molar-refractivity contribution in [2.75, 3.05) is 5.01 Å². The average Bonchev–Trinajstić information content (AvgIpc) is 2.45. The number of anilines is 1. The van der Waals surface area contributed by atoms with Crippen molar-refractivity contribution in [1.29, 1.82) is 0 Å². The number of carbonyl (C=O) groups excluding carboxylic acids is 1. The number of halogens is 1. The van der Waals surface area contributed by atoms with E-state index in [-0.39, 0.29) is 18.1 Å². The molecule has 2 heterocycles. The Morgan fingerprint density at radius 2 is 2.36 bits per heavy atom. The van der Waals surface area contributed by atoms with Gasteiger partial charge in [0.15, 0.2) is 5.82 Å². The van der Waals surface area contributed by atoms with E-state index in [0.717, 1.165) is 5.01 Å². The first-order valence-electron chi connectivity index (χ1n) is 4.15. The lowest BCUT2D eigenvalue weighted by molar-refractivity contribution is -0.116. The smallest absolute Gasteiger partial charge is 0.254 e. The minimum atomic E-state index is -0.428. The van der Waals surface area contributed by atoms with Gasteiger partial charge in [-0.3, -0.25) is 4.79 Å². The number of rotatable bonds is 1. The highest BCUT2D eigenvalue weighted by Crippen LogP contribution is 2.18. The molecule has 4 nitrogen and oxygen atoms in total. The molecule has 0 atom stereocenters. The van der Waals surface area contributed by atoms with Gasteiger partial charge in [0.2, 0.25) is 0 Å². The Morgan fingerprint density at radius 1 is 1.57 bits per heavy atom. The summed E-state index contributed by atoms with van der Waals surface area (Å²) in [6.45, 7) is 1.75. The second kappa shape index (κ2) is 3.17. The molecule has 14 heavy (non-hydrogen) atoms. The van der Waals surface area contributed by atoms with Crippen LogP contribution in [0.5, 0.6) is 0 Å². The van der Waals surface area contributed by atoms with Gasteiger partial charge in [-0.05, 0) is 13.0 Å². The average molecular weight is 193 g/mol. The summed E-state index contributed by atoms with van der Waals surface area (Å²) < 4.78 is 12.8. The Balaban J connectivity index is 2.36. The van der Waals surface area contributed by atoms with Crippen LogP contribution in [-0.4, -0.2) is 16.6 Å². The molecule has 0 unspecified atom stereocenters. The fraction of sp³-hybridized carbons (Fsp3) is 0.222. The maximum atomic E-state index is 12.8. The van der Waals surface area contributed by atoms with Crippen molar-refractivity contribution in [3.63, 3.8) is 0 Å². The van der Waals surface area contributed by atoms with Gasteiger partial charge in [-0.25, -0.2) is 9.37 Å². The maximum absolute atomic E-state index is 12.8. The highest BCUT2D eigenvalue weighted by molar-refractivity contribution is 6.11. The van der Waals surface area contributed by atoms with Crippen LogP contribution >= 0.6 is 0 Å². The van der Waals surface area contributed by atoms with Gasteiger partial charge in [0, 0.05) is 18.0 Å². The van der Waals surface area contributed by atoms with E-state index in [1.807, 2.05) is 0 Å². The Kier molecular flexibility index (Phi) is 1.99. The third kappa shape index (κ3) is 1.48. The van der Waals surface area contributed by atoms with Crippen LogP contribution in [0.15, 0.2) is 23.4 Å². The van der Waals surface area contributed by atoms with Gasteiger partial charge in [-0.15, -0.1) is 0 Å². The van der Waals surface area contributed by atoms with Crippen LogP contribution < -0.4 is 5.01 Å². The van der Waals surface area contributed by atoms with E-state index in [0.29, 0.717) is 5.71 Å². The second-order valence-corrected chi connectivity index (χ2v) is 3.05. The number of aromatic nitrogens is 1. The molecular weight excluding hydrogens is 185 g/mol. The molecule has 1 aliphatic heterocycles. The molecular formula is C9H8FN3O. The van der Waals surface area contributed by atoms with E-state index in [2.05, 4.69) is 10.1 Å². The van der Waals surface area contributed by atoms with Crippen molar-refractivity contribution in [3.05, 3.63) is 24.1 Å². The van der Waals surface area contributed by atoms with Gasteiger partial charge < -0.3 is 0 Å². The summed E-state index contributed by atoms with van der Waals surface area (Å²) in [6, 6.07) is 2.40. The van der Waals surface area contributed by atoms with Gasteiger partial charge in [-0.1, -0.05) is 0 Å². The molecule has 72 valence electrons. The van der Waals surface area contributed by atoms with E-state index in [4.69, 9.17) is 0 Å². The molecule has 0 N–H and O–H groups in total. The molecule has 1 aliphatic rings. The lowest BCUT2D eigenvalue weighted by Gasteiger charge is -2.09. The molecule has 1 aromatic heterocycles. The summed E-state index contributed by atoms with van der Waals surface area (Å²) in [7, 11) is 0. The van der Waals surface area contributed by atoms with Gasteiger partial charge in [-0.2, -0.15) is 10.1 Å². The Labute approximate surface area is 80.1 Å². The van der Waals surface area contributed by atoms with Gasteiger partial charge in [0.25, 0.3) is 5.91 Å². The van der Waals surface area contributed by atoms with Gasteiger partial charge in [0.1, 0.15) is 5.82 Å². The molecule has 0 fully saturated rings. The van der Waals surface area contributed by atoms with Crippen LogP contribution in [0, 0.1) is 5.82 Å². The minimum Gasteiger partial charge on any atom is -0.272 e. The lowest BCUT2D eigenvalue weighted by Crippen LogP contribution is -2.20. The summed E-state index contributed by atoms with van der Waals surface area (Å²) in [5.41, 5.74) is 0.709. The first-order valence-corrected chi connectivity index (χ1v) is 4.15. The first-order chi connectivity index (χ1) is 6.66. The normalized spacial score (nSPS) is 16.0. The Morgan fingerprint density at radius 3 is 2.93 bits per heavy atom. The number of hydrogen-bond donors (Lipinski definition) is 0. The highest BCUT2D eigenvalue weighted by atomic mass is 19.1. The van der Waals surface area contributed by atoms with Gasteiger partial charge in [0.05, 0.1) is 6.42 Å². The lowest BCUT2D eigenvalue weighted by atomic mass is 10.3. The second-order valence-electron chi connectivity index (χ2n) is 3.05. The number of carbonyl (C=O) groups is 1. The largest absolute Gasteiger partial charge is 0.272 e. The van der Waals surface area contributed by atoms with E-state index in [1.54, 1.807) is 6.92 Å². The predicted molar refractivity (Wildman–Crippen MR) is 49.4 cm³/mol. The molecule has 0 saturated heterocycles. The van der Waals surface area contributed by atoms with Crippen LogP contribution in [0.3, 0.4) is 0 Å². The van der Waals surface area contributed by atoms with Crippen LogP contribution in [0.4, 0.5) is 10.2 Å². The zero-order valence-electron chi connectivity index (χ0n) is 7.57. The molecule has 2 rings (SSSR count). The number of amides is 1.